The zero-order chi connectivity index (χ0) is 18.4. The molecule has 8 nitrogen and oxygen atoms in total. The first-order valence-electron chi connectivity index (χ1n) is 9.03. The topological polar surface area (TPSA) is 101 Å². The summed E-state index contributed by atoms with van der Waals surface area (Å²) in [5, 5.41) is 6.02. The van der Waals surface area contributed by atoms with Crippen molar-refractivity contribution >= 4 is 28.3 Å². The number of ether oxygens (including phenoxy) is 1. The highest BCUT2D eigenvalue weighted by atomic mass is 35.5. The zero-order valence-electron chi connectivity index (χ0n) is 15.2. The standard InChI is InChI=1S/C17H26N4O4S.ClH/c22-17(20-3-8-26(23,24)21-4-6-25-7-5-21)16-10-15(12-19-13-16)9-14-1-2-18-11-14;/h10,12-14,18H,1-9,11H2,(H,20,22);1H. The average Bonchev–Trinajstić information content (AvgIpc) is 3.15. The molecule has 1 amide bonds. The molecule has 1 atom stereocenters. The van der Waals surface area contributed by atoms with Crippen LogP contribution in [0.2, 0.25) is 0 Å². The van der Waals surface area contributed by atoms with Crippen LogP contribution in [0.25, 0.3) is 0 Å². The molecule has 0 aromatic carbocycles. The Labute approximate surface area is 166 Å². The van der Waals surface area contributed by atoms with Crippen molar-refractivity contribution in [2.45, 2.75) is 12.8 Å². The van der Waals surface area contributed by atoms with Gasteiger partial charge in [-0.15, -0.1) is 12.4 Å². The lowest BCUT2D eigenvalue weighted by Crippen LogP contribution is -2.43. The SMILES string of the molecule is Cl.O=C(NCCS(=O)(=O)N1CCOCC1)c1cncc(CC2CCNC2)c1. The number of amides is 1. The first-order valence-corrected chi connectivity index (χ1v) is 10.6. The maximum Gasteiger partial charge on any atom is 0.252 e. The lowest BCUT2D eigenvalue weighted by atomic mass is 9.99. The summed E-state index contributed by atoms with van der Waals surface area (Å²) in [4.78, 5) is 16.5. The summed E-state index contributed by atoms with van der Waals surface area (Å²) in [6, 6.07) is 1.84. The third kappa shape index (κ3) is 6.39. The molecule has 0 spiro atoms. The highest BCUT2D eigenvalue weighted by Crippen LogP contribution is 2.15. The van der Waals surface area contributed by atoms with Gasteiger partial charge in [-0.25, -0.2) is 8.42 Å². The van der Waals surface area contributed by atoms with Crippen LogP contribution in [0.1, 0.15) is 22.3 Å². The molecule has 152 valence electrons. The van der Waals surface area contributed by atoms with Gasteiger partial charge in [0, 0.05) is 32.0 Å². The van der Waals surface area contributed by atoms with E-state index in [1.165, 1.54) is 10.5 Å². The van der Waals surface area contributed by atoms with Gasteiger partial charge in [-0.05, 0) is 43.5 Å². The predicted octanol–water partition coefficient (Wildman–Crippen LogP) is 0.0472. The molecule has 0 bridgehead atoms. The van der Waals surface area contributed by atoms with Gasteiger partial charge < -0.3 is 15.4 Å². The minimum atomic E-state index is -3.37. The number of carbonyl (C=O) groups excluding carboxylic acids is 1. The van der Waals surface area contributed by atoms with Gasteiger partial charge in [0.2, 0.25) is 10.0 Å². The third-order valence-corrected chi connectivity index (χ3v) is 6.62. The molecule has 10 heteroatoms. The predicted molar refractivity (Wildman–Crippen MR) is 105 cm³/mol. The Kier molecular flexibility index (Phi) is 8.43. The molecule has 1 unspecified atom stereocenters. The van der Waals surface area contributed by atoms with E-state index in [9.17, 15) is 13.2 Å². The second-order valence-electron chi connectivity index (χ2n) is 6.73. The fourth-order valence-electron chi connectivity index (χ4n) is 3.29. The molecule has 3 heterocycles. The van der Waals surface area contributed by atoms with E-state index in [4.69, 9.17) is 4.74 Å². The summed E-state index contributed by atoms with van der Waals surface area (Å²) in [5.41, 5.74) is 1.50. The number of hydrogen-bond acceptors (Lipinski definition) is 6. The summed E-state index contributed by atoms with van der Waals surface area (Å²) < 4.78 is 31.1. The highest BCUT2D eigenvalue weighted by molar-refractivity contribution is 7.89. The fourth-order valence-corrected chi connectivity index (χ4v) is 4.62. The third-order valence-electron chi connectivity index (χ3n) is 4.75. The molecule has 2 saturated heterocycles. The number of sulfonamides is 1. The van der Waals surface area contributed by atoms with Crippen LogP contribution < -0.4 is 10.6 Å². The summed E-state index contributed by atoms with van der Waals surface area (Å²) in [5.74, 6) is 0.175. The van der Waals surface area contributed by atoms with Gasteiger partial charge in [0.05, 0.1) is 24.5 Å². The number of rotatable bonds is 7. The maximum atomic E-state index is 12.3. The Hall–Kier alpha value is -1.26. The van der Waals surface area contributed by atoms with E-state index >= 15 is 0 Å². The number of aromatic nitrogens is 1. The fraction of sp³-hybridized carbons (Fsp3) is 0.647. The summed E-state index contributed by atoms with van der Waals surface area (Å²) >= 11 is 0. The summed E-state index contributed by atoms with van der Waals surface area (Å²) in [7, 11) is -3.37. The number of carbonyl (C=O) groups is 1. The van der Waals surface area contributed by atoms with Crippen LogP contribution in [0.3, 0.4) is 0 Å². The van der Waals surface area contributed by atoms with E-state index in [-0.39, 0.29) is 30.6 Å². The van der Waals surface area contributed by atoms with Crippen molar-refractivity contribution in [2.24, 2.45) is 5.92 Å². The Morgan fingerprint density at radius 3 is 2.81 bits per heavy atom. The molecule has 27 heavy (non-hydrogen) atoms. The van der Waals surface area contributed by atoms with E-state index in [0.29, 0.717) is 37.8 Å². The second kappa shape index (κ2) is 10.3. The largest absolute Gasteiger partial charge is 0.379 e. The van der Waals surface area contributed by atoms with E-state index in [1.807, 2.05) is 6.07 Å². The first-order chi connectivity index (χ1) is 12.5. The van der Waals surface area contributed by atoms with E-state index in [0.717, 1.165) is 31.5 Å². The van der Waals surface area contributed by atoms with Crippen LogP contribution >= 0.6 is 12.4 Å². The minimum absolute atomic E-state index is 0. The molecule has 2 fully saturated rings. The van der Waals surface area contributed by atoms with Crippen molar-refractivity contribution in [3.63, 3.8) is 0 Å². The normalized spacial score (nSPS) is 20.8. The number of pyridine rings is 1. The summed E-state index contributed by atoms with van der Waals surface area (Å²) in [6.07, 6.45) is 5.34. The average molecular weight is 419 g/mol. The number of hydrogen-bond donors (Lipinski definition) is 2. The van der Waals surface area contributed by atoms with E-state index < -0.39 is 10.0 Å². The molecule has 0 radical (unpaired) electrons. The molecule has 1 aromatic rings. The summed E-state index contributed by atoms with van der Waals surface area (Å²) in [6.45, 7) is 3.69. The lowest BCUT2D eigenvalue weighted by molar-refractivity contribution is 0.0730. The van der Waals surface area contributed by atoms with Crippen molar-refractivity contribution in [2.75, 3.05) is 51.7 Å². The van der Waals surface area contributed by atoms with Gasteiger partial charge >= 0.3 is 0 Å². The smallest absolute Gasteiger partial charge is 0.252 e. The highest BCUT2D eigenvalue weighted by Gasteiger charge is 2.24. The van der Waals surface area contributed by atoms with Crippen molar-refractivity contribution in [1.82, 2.24) is 19.9 Å². The Balaban J connectivity index is 0.00000261. The quantitative estimate of drug-likeness (QED) is 0.648. The van der Waals surface area contributed by atoms with E-state index in [2.05, 4.69) is 15.6 Å². The van der Waals surface area contributed by atoms with Crippen LogP contribution in [-0.2, 0) is 21.2 Å². The van der Waals surface area contributed by atoms with Crippen LogP contribution in [-0.4, -0.2) is 75.3 Å². The molecular formula is C17H27ClN4O4S. The monoisotopic (exact) mass is 418 g/mol. The maximum absolute atomic E-state index is 12.3. The molecule has 3 rings (SSSR count). The zero-order valence-corrected chi connectivity index (χ0v) is 16.9. The molecule has 2 aliphatic rings. The molecule has 0 saturated carbocycles. The molecule has 0 aliphatic carbocycles. The van der Waals surface area contributed by atoms with Gasteiger partial charge in [-0.1, -0.05) is 0 Å². The number of halogens is 1. The molecule has 1 aromatic heterocycles. The number of nitrogens with zero attached hydrogens (tertiary/aromatic N) is 2. The van der Waals surface area contributed by atoms with E-state index in [1.54, 1.807) is 6.20 Å². The Morgan fingerprint density at radius 2 is 2.11 bits per heavy atom. The van der Waals surface area contributed by atoms with Crippen molar-refractivity contribution < 1.29 is 17.9 Å². The van der Waals surface area contributed by atoms with Crippen molar-refractivity contribution in [3.8, 4) is 0 Å². The van der Waals surface area contributed by atoms with Gasteiger partial charge in [0.1, 0.15) is 0 Å². The number of nitrogens with one attached hydrogen (secondary N) is 2. The van der Waals surface area contributed by atoms with Crippen LogP contribution in [0, 0.1) is 5.92 Å². The first kappa shape index (κ1) is 22.0. The van der Waals surface area contributed by atoms with Crippen LogP contribution in [0.15, 0.2) is 18.5 Å². The van der Waals surface area contributed by atoms with Crippen LogP contribution in [0.5, 0.6) is 0 Å². The molecule has 2 N–H and O–H groups in total. The van der Waals surface area contributed by atoms with Crippen molar-refractivity contribution in [1.29, 1.82) is 0 Å². The Bertz CT molecular complexity index is 719. The lowest BCUT2D eigenvalue weighted by Gasteiger charge is -2.26. The Morgan fingerprint density at radius 1 is 1.33 bits per heavy atom. The minimum Gasteiger partial charge on any atom is -0.379 e. The van der Waals surface area contributed by atoms with Gasteiger partial charge in [-0.2, -0.15) is 4.31 Å². The van der Waals surface area contributed by atoms with Crippen molar-refractivity contribution in [3.05, 3.63) is 29.6 Å². The van der Waals surface area contributed by atoms with Crippen LogP contribution in [0.4, 0.5) is 0 Å². The van der Waals surface area contributed by atoms with Gasteiger partial charge in [0.25, 0.3) is 5.91 Å². The van der Waals surface area contributed by atoms with Gasteiger partial charge in [0.15, 0.2) is 0 Å². The molecule has 2 aliphatic heterocycles. The van der Waals surface area contributed by atoms with Gasteiger partial charge in [-0.3, -0.25) is 9.78 Å². The number of morpholine rings is 1. The second-order valence-corrected chi connectivity index (χ2v) is 8.82. The molecular weight excluding hydrogens is 392 g/mol.